The number of thioether (sulfide) groups is 1. The summed E-state index contributed by atoms with van der Waals surface area (Å²) in [5.41, 5.74) is 4.17. The second-order valence-electron chi connectivity index (χ2n) is 7.89. The molecule has 2 aliphatic rings. The van der Waals surface area contributed by atoms with Gasteiger partial charge in [-0.2, -0.15) is 16.9 Å². The number of hydrogen-bond donors (Lipinski definition) is 1. The van der Waals surface area contributed by atoms with E-state index in [0.717, 1.165) is 73.0 Å². The highest BCUT2D eigenvalue weighted by Gasteiger charge is 2.31. The zero-order valence-corrected chi connectivity index (χ0v) is 18.9. The molecular weight excluding hydrogens is 414 g/mol. The van der Waals surface area contributed by atoms with E-state index in [1.54, 1.807) is 11.3 Å². The van der Waals surface area contributed by atoms with Crippen LogP contribution in [-0.2, 0) is 25.9 Å². The zero-order valence-electron chi connectivity index (χ0n) is 17.3. The van der Waals surface area contributed by atoms with Crippen LogP contribution in [0.3, 0.4) is 0 Å². The Morgan fingerprint density at radius 1 is 1.27 bits per heavy atom. The maximum absolute atomic E-state index is 13.2. The molecule has 5 rings (SSSR count). The molecule has 158 valence electrons. The van der Waals surface area contributed by atoms with Gasteiger partial charge in [-0.3, -0.25) is 9.48 Å². The Morgan fingerprint density at radius 3 is 2.90 bits per heavy atom. The third-order valence-electron chi connectivity index (χ3n) is 6.03. The van der Waals surface area contributed by atoms with Crippen molar-refractivity contribution >= 4 is 39.2 Å². The van der Waals surface area contributed by atoms with Crippen LogP contribution in [0.1, 0.15) is 40.1 Å². The number of benzene rings is 1. The van der Waals surface area contributed by atoms with Crippen molar-refractivity contribution in [2.24, 2.45) is 0 Å². The van der Waals surface area contributed by atoms with Crippen molar-refractivity contribution in [3.8, 4) is 0 Å². The summed E-state index contributed by atoms with van der Waals surface area (Å²) < 4.78 is 3.28. The molecule has 0 spiro atoms. The van der Waals surface area contributed by atoms with Gasteiger partial charge in [0.05, 0.1) is 10.2 Å². The van der Waals surface area contributed by atoms with E-state index in [1.807, 2.05) is 27.4 Å². The molecule has 3 aromatic rings. The van der Waals surface area contributed by atoms with E-state index in [4.69, 9.17) is 10.1 Å². The molecule has 1 aliphatic carbocycles. The maximum atomic E-state index is 13.2. The van der Waals surface area contributed by atoms with Gasteiger partial charge < -0.3 is 10.2 Å². The van der Waals surface area contributed by atoms with Gasteiger partial charge in [0.2, 0.25) is 0 Å². The van der Waals surface area contributed by atoms with E-state index < -0.39 is 0 Å². The van der Waals surface area contributed by atoms with Crippen LogP contribution < -0.4 is 5.32 Å². The van der Waals surface area contributed by atoms with Gasteiger partial charge in [0.15, 0.2) is 5.69 Å². The zero-order chi connectivity index (χ0) is 20.5. The van der Waals surface area contributed by atoms with E-state index in [9.17, 15) is 4.79 Å². The normalized spacial score (nSPS) is 19.2. The van der Waals surface area contributed by atoms with Crippen molar-refractivity contribution < 1.29 is 4.79 Å². The minimum atomic E-state index is 0.116. The Kier molecular flexibility index (Phi) is 5.80. The Hall–Kier alpha value is -1.90. The predicted octanol–water partition coefficient (Wildman–Crippen LogP) is 3.35. The Morgan fingerprint density at radius 2 is 2.10 bits per heavy atom. The lowest BCUT2D eigenvalue weighted by Crippen LogP contribution is -2.39. The molecule has 1 fully saturated rings. The lowest BCUT2D eigenvalue weighted by molar-refractivity contribution is 0.0764. The highest BCUT2D eigenvalue weighted by atomic mass is 32.2. The summed E-state index contributed by atoms with van der Waals surface area (Å²) in [5, 5.41) is 9.56. The molecule has 0 bridgehead atoms. The van der Waals surface area contributed by atoms with E-state index in [2.05, 4.69) is 30.4 Å². The van der Waals surface area contributed by atoms with Crippen molar-refractivity contribution in [2.45, 2.75) is 45.3 Å². The van der Waals surface area contributed by atoms with Gasteiger partial charge in [-0.05, 0) is 38.3 Å². The molecule has 8 heteroatoms. The monoisotopic (exact) mass is 441 g/mol. The van der Waals surface area contributed by atoms with E-state index in [-0.39, 0.29) is 5.91 Å². The fourth-order valence-corrected chi connectivity index (χ4v) is 6.26. The highest BCUT2D eigenvalue weighted by Crippen LogP contribution is 2.27. The molecule has 1 atom stereocenters. The number of aryl methyl sites for hydroxylation is 1. The summed E-state index contributed by atoms with van der Waals surface area (Å²) in [6.07, 6.45) is 2.90. The summed E-state index contributed by atoms with van der Waals surface area (Å²) >= 11 is 3.67. The van der Waals surface area contributed by atoms with Gasteiger partial charge in [-0.1, -0.05) is 12.1 Å². The van der Waals surface area contributed by atoms with Crippen LogP contribution in [-0.4, -0.2) is 56.2 Å². The van der Waals surface area contributed by atoms with Crippen LogP contribution in [0, 0.1) is 0 Å². The number of amides is 1. The summed E-state index contributed by atoms with van der Waals surface area (Å²) in [6.45, 7) is 5.35. The number of rotatable bonds is 5. The van der Waals surface area contributed by atoms with Gasteiger partial charge >= 0.3 is 0 Å². The quantitative estimate of drug-likeness (QED) is 0.658. The number of aromatic nitrogens is 3. The minimum absolute atomic E-state index is 0.116. The van der Waals surface area contributed by atoms with E-state index in [0.29, 0.717) is 11.7 Å². The number of thiazole rings is 1. The van der Waals surface area contributed by atoms with Gasteiger partial charge in [0.1, 0.15) is 5.01 Å². The molecule has 3 heterocycles. The molecule has 0 radical (unpaired) electrons. The average Bonchev–Trinajstić information content (AvgIpc) is 3.38. The average molecular weight is 442 g/mol. The van der Waals surface area contributed by atoms with Gasteiger partial charge in [0.25, 0.3) is 5.91 Å². The second-order valence-corrected chi connectivity index (χ2v) is 10.2. The van der Waals surface area contributed by atoms with Crippen molar-refractivity contribution in [1.29, 1.82) is 0 Å². The van der Waals surface area contributed by atoms with Crippen LogP contribution in [0.5, 0.6) is 0 Å². The topological polar surface area (TPSA) is 63.1 Å². The van der Waals surface area contributed by atoms with Crippen LogP contribution >= 0.6 is 23.1 Å². The molecule has 1 N–H and O–H groups in total. The third kappa shape index (κ3) is 3.88. The first-order chi connectivity index (χ1) is 14.7. The maximum Gasteiger partial charge on any atom is 0.274 e. The lowest BCUT2D eigenvalue weighted by atomic mass is 9.91. The van der Waals surface area contributed by atoms with Crippen molar-refractivity contribution in [1.82, 2.24) is 25.0 Å². The predicted molar refractivity (Wildman–Crippen MR) is 123 cm³/mol. The van der Waals surface area contributed by atoms with Crippen molar-refractivity contribution in [3.05, 3.63) is 46.2 Å². The minimum Gasteiger partial charge on any atom is -0.336 e. The van der Waals surface area contributed by atoms with Crippen LogP contribution in [0.15, 0.2) is 24.3 Å². The Labute approximate surface area is 185 Å². The molecule has 1 saturated heterocycles. The van der Waals surface area contributed by atoms with E-state index >= 15 is 0 Å². The number of nitrogens with zero attached hydrogens (tertiary/aromatic N) is 4. The van der Waals surface area contributed by atoms with Crippen LogP contribution in [0.2, 0.25) is 0 Å². The largest absolute Gasteiger partial charge is 0.336 e. The Bertz CT molecular complexity index is 1020. The molecule has 1 unspecified atom stereocenters. The molecule has 1 aliphatic heterocycles. The number of carbonyl (C=O) groups excluding carboxylic acids is 1. The van der Waals surface area contributed by atoms with E-state index in [1.165, 1.54) is 10.4 Å². The van der Waals surface area contributed by atoms with Gasteiger partial charge in [-0.15, -0.1) is 11.3 Å². The van der Waals surface area contributed by atoms with Crippen LogP contribution in [0.4, 0.5) is 0 Å². The molecule has 1 aromatic carbocycles. The molecule has 6 nitrogen and oxygen atoms in total. The SMILES string of the molecule is CCn1nc(C(=O)N2CCSCC2)c2c1CCC(NCc1nc3ccccc3s1)C2. The first kappa shape index (κ1) is 20.0. The second kappa shape index (κ2) is 8.69. The summed E-state index contributed by atoms with van der Waals surface area (Å²) in [6, 6.07) is 8.64. The Balaban J connectivity index is 1.32. The smallest absolute Gasteiger partial charge is 0.274 e. The number of nitrogens with one attached hydrogen (secondary N) is 1. The standard InChI is InChI=1S/C22H27N5OS2/c1-2-27-18-8-7-15(23-14-20-24-17-5-3-4-6-19(17)30-20)13-16(18)21(25-27)22(28)26-9-11-29-12-10-26/h3-6,15,23H,2,7-14H2,1H3. The molecule has 30 heavy (non-hydrogen) atoms. The fourth-order valence-electron chi connectivity index (χ4n) is 4.44. The fraction of sp³-hybridized carbons (Fsp3) is 0.500. The number of fused-ring (bicyclic) bond motifs is 2. The number of hydrogen-bond acceptors (Lipinski definition) is 6. The van der Waals surface area contributed by atoms with Gasteiger partial charge in [-0.25, -0.2) is 4.98 Å². The summed E-state index contributed by atoms with van der Waals surface area (Å²) in [4.78, 5) is 19.9. The molecule has 0 saturated carbocycles. The van der Waals surface area contributed by atoms with Crippen LogP contribution in [0.25, 0.3) is 10.2 Å². The summed E-state index contributed by atoms with van der Waals surface area (Å²) in [7, 11) is 0. The first-order valence-corrected chi connectivity index (χ1v) is 12.7. The first-order valence-electron chi connectivity index (χ1n) is 10.8. The molecular formula is C22H27N5OS2. The van der Waals surface area contributed by atoms with Gasteiger partial charge in [0, 0.05) is 55.0 Å². The summed E-state index contributed by atoms with van der Waals surface area (Å²) in [5.74, 6) is 2.16. The van der Waals surface area contributed by atoms with Crippen molar-refractivity contribution in [3.63, 3.8) is 0 Å². The molecule has 1 amide bonds. The highest BCUT2D eigenvalue weighted by molar-refractivity contribution is 7.99. The molecule has 2 aromatic heterocycles. The number of para-hydroxylation sites is 1. The number of carbonyl (C=O) groups is 1. The lowest BCUT2D eigenvalue weighted by Gasteiger charge is -2.27. The van der Waals surface area contributed by atoms with Crippen molar-refractivity contribution in [2.75, 3.05) is 24.6 Å². The third-order valence-corrected chi connectivity index (χ3v) is 8.01.